The molecule has 0 bridgehead atoms. The van der Waals surface area contributed by atoms with Gasteiger partial charge in [-0.3, -0.25) is 9.36 Å². The van der Waals surface area contributed by atoms with Crippen molar-refractivity contribution in [1.29, 1.82) is 0 Å². The van der Waals surface area contributed by atoms with E-state index < -0.39 is 5.97 Å². The third-order valence-corrected chi connectivity index (χ3v) is 5.90. The van der Waals surface area contributed by atoms with Crippen LogP contribution >= 0.6 is 11.3 Å². The summed E-state index contributed by atoms with van der Waals surface area (Å²) < 4.78 is 7.13. The van der Waals surface area contributed by atoms with E-state index in [1.54, 1.807) is 17.6 Å². The summed E-state index contributed by atoms with van der Waals surface area (Å²) in [5.74, 6) is 0.349. The molecular formula is C21H18N2O4S. The van der Waals surface area contributed by atoms with Crippen molar-refractivity contribution in [3.63, 3.8) is 0 Å². The molecule has 1 N–H and O–H groups in total. The topological polar surface area (TPSA) is 81.4 Å². The number of benzene rings is 1. The molecule has 0 aliphatic carbocycles. The summed E-state index contributed by atoms with van der Waals surface area (Å²) in [6.45, 7) is 6.29. The minimum absolute atomic E-state index is 0.169. The maximum absolute atomic E-state index is 12.9. The minimum Gasteiger partial charge on any atom is -0.490 e. The Balaban J connectivity index is 1.75. The van der Waals surface area contributed by atoms with Crippen LogP contribution in [-0.4, -0.2) is 27.2 Å². The Hall–Kier alpha value is -3.19. The van der Waals surface area contributed by atoms with Crippen molar-refractivity contribution in [3.8, 4) is 5.75 Å². The zero-order chi connectivity index (χ0) is 19.8. The predicted octanol–water partition coefficient (Wildman–Crippen LogP) is 3.97. The molecule has 1 aliphatic rings. The van der Waals surface area contributed by atoms with Crippen LogP contribution in [0.4, 0.5) is 0 Å². The van der Waals surface area contributed by atoms with Gasteiger partial charge in [0, 0.05) is 6.54 Å². The van der Waals surface area contributed by atoms with Crippen LogP contribution in [0.1, 0.15) is 33.0 Å². The lowest BCUT2D eigenvalue weighted by Crippen LogP contribution is -2.20. The zero-order valence-corrected chi connectivity index (χ0v) is 16.1. The first-order valence-corrected chi connectivity index (χ1v) is 9.63. The van der Waals surface area contributed by atoms with Crippen molar-refractivity contribution < 1.29 is 14.6 Å². The molecule has 0 amide bonds. The van der Waals surface area contributed by atoms with E-state index in [0.29, 0.717) is 41.2 Å². The highest BCUT2D eigenvalue weighted by atomic mass is 32.1. The van der Waals surface area contributed by atoms with E-state index in [2.05, 4.69) is 11.6 Å². The number of ether oxygens (including phenoxy) is 1. The molecule has 28 heavy (non-hydrogen) atoms. The quantitative estimate of drug-likeness (QED) is 0.662. The zero-order valence-electron chi connectivity index (χ0n) is 15.3. The summed E-state index contributed by atoms with van der Waals surface area (Å²) in [7, 11) is 0. The summed E-state index contributed by atoms with van der Waals surface area (Å²) >= 11 is 1.05. The first kappa shape index (κ1) is 18.2. The minimum atomic E-state index is -1.03. The maximum atomic E-state index is 12.9. The van der Waals surface area contributed by atoms with Crippen molar-refractivity contribution in [2.75, 3.05) is 6.61 Å². The monoisotopic (exact) mass is 394 g/mol. The van der Waals surface area contributed by atoms with Crippen molar-refractivity contribution >= 4 is 39.2 Å². The SMILES string of the molecule is C=CCOc1ccc(C=C2CCn3c2nc2sc(C(=O)O)c(C)c2c3=O)cc1. The number of allylic oxidation sites excluding steroid dienone is 1. The standard InChI is InChI=1S/C21H18N2O4S/c1-3-10-27-15-6-4-13(5-7-15)11-14-8-9-23-18(14)22-19-16(20(23)24)12(2)17(28-19)21(25)26/h3-7,11H,1,8-10H2,2H3,(H,25,26). The molecule has 0 saturated heterocycles. The van der Waals surface area contributed by atoms with E-state index in [1.165, 1.54) is 0 Å². The van der Waals surface area contributed by atoms with Crippen LogP contribution in [0, 0.1) is 6.92 Å². The number of hydrogen-bond donors (Lipinski definition) is 1. The Kier molecular flexibility index (Phi) is 4.60. The third-order valence-electron chi connectivity index (χ3n) is 4.73. The van der Waals surface area contributed by atoms with E-state index in [4.69, 9.17) is 4.74 Å². The number of carboxylic acids is 1. The molecule has 0 unspecified atom stereocenters. The smallest absolute Gasteiger partial charge is 0.346 e. The molecule has 7 heteroatoms. The van der Waals surface area contributed by atoms with Gasteiger partial charge in [0.05, 0.1) is 5.39 Å². The first-order valence-electron chi connectivity index (χ1n) is 8.81. The fraction of sp³-hybridized carbons (Fsp3) is 0.190. The number of carbonyl (C=O) groups is 1. The molecule has 2 aromatic heterocycles. The lowest BCUT2D eigenvalue weighted by atomic mass is 10.1. The molecule has 6 nitrogen and oxygen atoms in total. The average molecular weight is 394 g/mol. The molecule has 1 aromatic carbocycles. The molecule has 0 atom stereocenters. The molecule has 3 heterocycles. The van der Waals surface area contributed by atoms with Crippen molar-refractivity contribution in [2.45, 2.75) is 19.9 Å². The summed E-state index contributed by atoms with van der Waals surface area (Å²) in [6.07, 6.45) is 4.41. The summed E-state index contributed by atoms with van der Waals surface area (Å²) in [5.41, 5.74) is 2.27. The van der Waals surface area contributed by atoms with Crippen LogP contribution in [0.3, 0.4) is 0 Å². The highest BCUT2D eigenvalue weighted by Gasteiger charge is 2.25. The van der Waals surface area contributed by atoms with E-state index in [0.717, 1.165) is 28.2 Å². The van der Waals surface area contributed by atoms with E-state index in [9.17, 15) is 14.7 Å². The second kappa shape index (κ2) is 7.09. The van der Waals surface area contributed by atoms with Crippen molar-refractivity contribution in [1.82, 2.24) is 9.55 Å². The Morgan fingerprint density at radius 2 is 2.14 bits per heavy atom. The lowest BCUT2D eigenvalue weighted by molar-refractivity contribution is 0.0701. The van der Waals surface area contributed by atoms with Gasteiger partial charge in [-0.2, -0.15) is 0 Å². The van der Waals surface area contributed by atoms with E-state index in [-0.39, 0.29) is 10.4 Å². The number of aryl methyl sites for hydroxylation is 1. The molecule has 0 fully saturated rings. The Morgan fingerprint density at radius 1 is 1.39 bits per heavy atom. The van der Waals surface area contributed by atoms with Gasteiger partial charge < -0.3 is 9.84 Å². The Morgan fingerprint density at radius 3 is 2.82 bits per heavy atom. The highest BCUT2D eigenvalue weighted by molar-refractivity contribution is 7.20. The molecule has 142 valence electrons. The van der Waals surface area contributed by atoms with Crippen molar-refractivity contribution in [2.24, 2.45) is 0 Å². The fourth-order valence-corrected chi connectivity index (χ4v) is 4.38. The van der Waals surface area contributed by atoms with Gasteiger partial charge in [0.15, 0.2) is 0 Å². The summed E-state index contributed by atoms with van der Waals surface area (Å²) in [4.78, 5) is 29.6. The number of rotatable bonds is 5. The van der Waals surface area contributed by atoms with Crippen LogP contribution in [0.15, 0.2) is 41.7 Å². The van der Waals surface area contributed by atoms with E-state index in [1.807, 2.05) is 30.3 Å². The van der Waals surface area contributed by atoms with Gasteiger partial charge in [-0.05, 0) is 48.3 Å². The Labute approximate surface area is 165 Å². The molecule has 4 rings (SSSR count). The number of fused-ring (bicyclic) bond motifs is 2. The number of aromatic nitrogens is 2. The van der Waals surface area contributed by atoms with Gasteiger partial charge in [0.25, 0.3) is 5.56 Å². The van der Waals surface area contributed by atoms with Gasteiger partial charge in [-0.25, -0.2) is 9.78 Å². The van der Waals surface area contributed by atoms with Crippen LogP contribution in [-0.2, 0) is 6.54 Å². The lowest BCUT2D eigenvalue weighted by Gasteiger charge is -2.05. The first-order chi connectivity index (χ1) is 13.5. The van der Waals surface area contributed by atoms with Gasteiger partial charge in [-0.15, -0.1) is 11.3 Å². The highest BCUT2D eigenvalue weighted by Crippen LogP contribution is 2.32. The van der Waals surface area contributed by atoms with Crippen LogP contribution in [0.5, 0.6) is 5.75 Å². The summed E-state index contributed by atoms with van der Waals surface area (Å²) in [5, 5.41) is 9.75. The molecule has 0 radical (unpaired) electrons. The number of hydrogen-bond acceptors (Lipinski definition) is 5. The molecule has 0 saturated carbocycles. The van der Waals surface area contributed by atoms with E-state index >= 15 is 0 Å². The van der Waals surface area contributed by atoms with Gasteiger partial charge in [0.1, 0.15) is 27.9 Å². The second-order valence-electron chi connectivity index (χ2n) is 6.52. The van der Waals surface area contributed by atoms with Gasteiger partial charge in [0.2, 0.25) is 0 Å². The van der Waals surface area contributed by atoms with Crippen LogP contribution in [0.2, 0.25) is 0 Å². The second-order valence-corrected chi connectivity index (χ2v) is 7.52. The Bertz CT molecular complexity index is 1190. The molecule has 0 spiro atoms. The number of carboxylic acid groups (broad SMARTS) is 1. The largest absolute Gasteiger partial charge is 0.490 e. The predicted molar refractivity (Wildman–Crippen MR) is 110 cm³/mol. The average Bonchev–Trinajstić information content (AvgIpc) is 3.23. The number of thiophene rings is 1. The van der Waals surface area contributed by atoms with Crippen LogP contribution < -0.4 is 10.3 Å². The van der Waals surface area contributed by atoms with Gasteiger partial charge >= 0.3 is 5.97 Å². The maximum Gasteiger partial charge on any atom is 0.346 e. The number of aromatic carboxylic acids is 1. The molecule has 1 aliphatic heterocycles. The normalized spacial score (nSPS) is 14.4. The molecular weight excluding hydrogens is 376 g/mol. The van der Waals surface area contributed by atoms with Crippen molar-refractivity contribution in [3.05, 3.63) is 69.1 Å². The number of nitrogens with zero attached hydrogens (tertiary/aromatic N) is 2. The summed E-state index contributed by atoms with van der Waals surface area (Å²) in [6, 6.07) is 7.66. The fourth-order valence-electron chi connectivity index (χ4n) is 3.37. The molecule has 3 aromatic rings. The van der Waals surface area contributed by atoms with Crippen LogP contribution in [0.25, 0.3) is 21.9 Å². The van der Waals surface area contributed by atoms with Gasteiger partial charge in [-0.1, -0.05) is 24.8 Å². The third kappa shape index (κ3) is 3.03.